The van der Waals surface area contributed by atoms with E-state index >= 15 is 0 Å². The van der Waals surface area contributed by atoms with Crippen LogP contribution in [0, 0.1) is 10.1 Å². The fourth-order valence-corrected chi connectivity index (χ4v) is 2.51. The summed E-state index contributed by atoms with van der Waals surface area (Å²) in [5.41, 5.74) is 0.837. The molecule has 1 heterocycles. The van der Waals surface area contributed by atoms with E-state index in [9.17, 15) is 10.1 Å². The van der Waals surface area contributed by atoms with E-state index < -0.39 is 4.92 Å². The first kappa shape index (κ1) is 14.0. The number of aliphatic hydroxyl groups excluding tert-OH is 1. The second-order valence-electron chi connectivity index (χ2n) is 4.45. The van der Waals surface area contributed by atoms with Gasteiger partial charge in [-0.15, -0.1) is 0 Å². The van der Waals surface area contributed by atoms with Crippen molar-refractivity contribution in [1.82, 2.24) is 4.90 Å². The van der Waals surface area contributed by atoms with E-state index in [1.165, 1.54) is 12.1 Å². The zero-order chi connectivity index (χ0) is 13.8. The molecule has 104 valence electrons. The van der Waals surface area contributed by atoms with E-state index in [0.29, 0.717) is 11.6 Å². The van der Waals surface area contributed by atoms with E-state index in [2.05, 4.69) is 9.80 Å². The summed E-state index contributed by atoms with van der Waals surface area (Å²) in [6, 6.07) is 4.56. The minimum atomic E-state index is -0.450. The Morgan fingerprint density at radius 3 is 2.53 bits per heavy atom. The third-order valence-electron chi connectivity index (χ3n) is 3.27. The van der Waals surface area contributed by atoms with Gasteiger partial charge in [0.25, 0.3) is 5.69 Å². The standard InChI is InChI=1S/C12H16ClN3O3/c13-11-9-10(16(18)19)1-2-12(11)15-5-3-14(4-6-15)7-8-17/h1-2,9,17H,3-8H2. The van der Waals surface area contributed by atoms with Gasteiger partial charge in [0.1, 0.15) is 0 Å². The predicted molar refractivity (Wildman–Crippen MR) is 73.8 cm³/mol. The lowest BCUT2D eigenvalue weighted by atomic mass is 10.2. The summed E-state index contributed by atoms with van der Waals surface area (Å²) in [7, 11) is 0. The molecule has 0 radical (unpaired) electrons. The van der Waals surface area contributed by atoms with Crippen LogP contribution in [0.15, 0.2) is 18.2 Å². The van der Waals surface area contributed by atoms with Crippen LogP contribution in [0.4, 0.5) is 11.4 Å². The summed E-state index contributed by atoms with van der Waals surface area (Å²) in [5, 5.41) is 20.0. The molecular formula is C12H16ClN3O3. The second-order valence-corrected chi connectivity index (χ2v) is 4.85. The SMILES string of the molecule is O=[N+]([O-])c1ccc(N2CCN(CCO)CC2)c(Cl)c1. The number of nitrogens with zero attached hydrogens (tertiary/aromatic N) is 3. The van der Waals surface area contributed by atoms with Crippen LogP contribution >= 0.6 is 11.6 Å². The number of nitro groups is 1. The Balaban J connectivity index is 2.05. The molecule has 1 aliphatic rings. The number of hydrogen-bond acceptors (Lipinski definition) is 5. The Morgan fingerprint density at radius 2 is 2.00 bits per heavy atom. The molecule has 1 fully saturated rings. The van der Waals surface area contributed by atoms with Gasteiger partial charge >= 0.3 is 0 Å². The highest BCUT2D eigenvalue weighted by Gasteiger charge is 2.19. The van der Waals surface area contributed by atoms with Crippen LogP contribution in [-0.4, -0.2) is 54.3 Å². The molecule has 1 saturated heterocycles. The molecule has 1 aromatic rings. The van der Waals surface area contributed by atoms with Crippen molar-refractivity contribution in [2.24, 2.45) is 0 Å². The Hall–Kier alpha value is -1.37. The van der Waals surface area contributed by atoms with Crippen LogP contribution in [0.2, 0.25) is 5.02 Å². The van der Waals surface area contributed by atoms with Crippen LogP contribution in [-0.2, 0) is 0 Å². The lowest BCUT2D eigenvalue weighted by Gasteiger charge is -2.36. The minimum absolute atomic E-state index is 0.00710. The predicted octanol–water partition coefficient (Wildman–Crippen LogP) is 1.36. The molecular weight excluding hydrogens is 270 g/mol. The fraction of sp³-hybridized carbons (Fsp3) is 0.500. The minimum Gasteiger partial charge on any atom is -0.395 e. The molecule has 0 spiro atoms. The van der Waals surface area contributed by atoms with Gasteiger partial charge in [-0.2, -0.15) is 0 Å². The number of anilines is 1. The van der Waals surface area contributed by atoms with E-state index in [4.69, 9.17) is 16.7 Å². The number of aliphatic hydroxyl groups is 1. The Labute approximate surface area is 116 Å². The summed E-state index contributed by atoms with van der Waals surface area (Å²) < 4.78 is 0. The second kappa shape index (κ2) is 6.18. The summed E-state index contributed by atoms with van der Waals surface area (Å²) in [5.74, 6) is 0. The Morgan fingerprint density at radius 1 is 1.32 bits per heavy atom. The molecule has 0 aromatic heterocycles. The molecule has 0 atom stereocenters. The summed E-state index contributed by atoms with van der Waals surface area (Å²) in [6.07, 6.45) is 0. The largest absolute Gasteiger partial charge is 0.395 e. The smallest absolute Gasteiger partial charge is 0.271 e. The van der Waals surface area contributed by atoms with E-state index in [1.54, 1.807) is 6.07 Å². The maximum Gasteiger partial charge on any atom is 0.271 e. The third-order valence-corrected chi connectivity index (χ3v) is 3.57. The van der Waals surface area contributed by atoms with Gasteiger partial charge in [0.15, 0.2) is 0 Å². The van der Waals surface area contributed by atoms with E-state index in [1.807, 2.05) is 0 Å². The van der Waals surface area contributed by atoms with Gasteiger partial charge in [-0.3, -0.25) is 15.0 Å². The lowest BCUT2D eigenvalue weighted by Crippen LogP contribution is -2.47. The molecule has 0 aliphatic carbocycles. The van der Waals surface area contributed by atoms with Crippen molar-refractivity contribution < 1.29 is 10.0 Å². The number of non-ortho nitro benzene ring substituents is 1. The summed E-state index contributed by atoms with van der Waals surface area (Å²) >= 11 is 6.10. The van der Waals surface area contributed by atoms with Gasteiger partial charge in [-0.1, -0.05) is 11.6 Å². The maximum absolute atomic E-state index is 10.7. The Bertz CT molecular complexity index is 462. The van der Waals surface area contributed by atoms with Crippen molar-refractivity contribution in [3.63, 3.8) is 0 Å². The highest BCUT2D eigenvalue weighted by atomic mass is 35.5. The normalized spacial score (nSPS) is 16.6. The van der Waals surface area contributed by atoms with E-state index in [-0.39, 0.29) is 12.3 Å². The molecule has 7 heteroatoms. The van der Waals surface area contributed by atoms with Crippen molar-refractivity contribution >= 4 is 23.0 Å². The molecule has 0 bridgehead atoms. The zero-order valence-corrected chi connectivity index (χ0v) is 11.2. The zero-order valence-electron chi connectivity index (χ0n) is 10.5. The van der Waals surface area contributed by atoms with Gasteiger partial charge in [-0.25, -0.2) is 0 Å². The van der Waals surface area contributed by atoms with Crippen LogP contribution in [0.1, 0.15) is 0 Å². The molecule has 6 nitrogen and oxygen atoms in total. The molecule has 19 heavy (non-hydrogen) atoms. The van der Waals surface area contributed by atoms with E-state index in [0.717, 1.165) is 31.9 Å². The molecule has 0 unspecified atom stereocenters. The monoisotopic (exact) mass is 285 g/mol. The number of halogens is 1. The topological polar surface area (TPSA) is 69.9 Å². The first-order chi connectivity index (χ1) is 9.11. The van der Waals surface area contributed by atoms with Crippen molar-refractivity contribution in [2.45, 2.75) is 0 Å². The van der Waals surface area contributed by atoms with Gasteiger partial charge in [0.05, 0.1) is 22.2 Å². The van der Waals surface area contributed by atoms with Crippen molar-refractivity contribution in [2.75, 3.05) is 44.2 Å². The number of piperazine rings is 1. The van der Waals surface area contributed by atoms with Crippen molar-refractivity contribution in [1.29, 1.82) is 0 Å². The maximum atomic E-state index is 10.7. The van der Waals surface area contributed by atoms with Gasteiger partial charge in [-0.05, 0) is 6.07 Å². The van der Waals surface area contributed by atoms with Crippen molar-refractivity contribution in [3.8, 4) is 0 Å². The quantitative estimate of drug-likeness (QED) is 0.668. The number of hydrogen-bond donors (Lipinski definition) is 1. The van der Waals surface area contributed by atoms with Gasteiger partial charge in [0.2, 0.25) is 0 Å². The summed E-state index contributed by atoms with van der Waals surface area (Å²) in [6.45, 7) is 4.16. The highest BCUT2D eigenvalue weighted by Crippen LogP contribution is 2.30. The number of nitro benzene ring substituents is 1. The van der Waals surface area contributed by atoms with Crippen LogP contribution in [0.25, 0.3) is 0 Å². The highest BCUT2D eigenvalue weighted by molar-refractivity contribution is 6.33. The average molecular weight is 286 g/mol. The fourth-order valence-electron chi connectivity index (χ4n) is 2.22. The van der Waals surface area contributed by atoms with Crippen LogP contribution in [0.3, 0.4) is 0 Å². The van der Waals surface area contributed by atoms with Gasteiger partial charge in [0, 0.05) is 44.9 Å². The van der Waals surface area contributed by atoms with Crippen LogP contribution < -0.4 is 4.90 Å². The molecule has 1 N–H and O–H groups in total. The first-order valence-corrected chi connectivity index (χ1v) is 6.51. The number of benzene rings is 1. The van der Waals surface area contributed by atoms with Crippen molar-refractivity contribution in [3.05, 3.63) is 33.3 Å². The first-order valence-electron chi connectivity index (χ1n) is 6.14. The molecule has 0 saturated carbocycles. The van der Waals surface area contributed by atoms with Gasteiger partial charge < -0.3 is 10.0 Å². The van der Waals surface area contributed by atoms with Crippen LogP contribution in [0.5, 0.6) is 0 Å². The number of rotatable bonds is 4. The summed E-state index contributed by atoms with van der Waals surface area (Å²) in [4.78, 5) is 14.5. The molecule has 0 amide bonds. The third kappa shape index (κ3) is 3.34. The average Bonchev–Trinajstić information content (AvgIpc) is 2.40. The Kier molecular flexibility index (Phi) is 4.57. The molecule has 1 aromatic carbocycles. The number of β-amino-alcohol motifs (C(OH)–C–C–N with tert-alkyl or cyclic N) is 1. The molecule has 2 rings (SSSR count). The molecule has 1 aliphatic heterocycles. The lowest BCUT2D eigenvalue weighted by molar-refractivity contribution is -0.384.